The molecule has 21 heavy (non-hydrogen) atoms. The number of nitrogens with zero attached hydrogens (tertiary/aromatic N) is 2. The second-order valence-corrected chi connectivity index (χ2v) is 6.47. The van der Waals surface area contributed by atoms with Crippen molar-refractivity contribution in [2.45, 2.75) is 58.2 Å². The van der Waals surface area contributed by atoms with E-state index in [0.717, 1.165) is 26.1 Å². The largest absolute Gasteiger partial charge is 0.465 e. The maximum Gasteiger partial charge on any atom is 0.323 e. The molecule has 5 heteroatoms. The van der Waals surface area contributed by atoms with Crippen molar-refractivity contribution in [3.05, 3.63) is 0 Å². The lowest BCUT2D eigenvalue weighted by Crippen LogP contribution is -2.48. The van der Waals surface area contributed by atoms with Crippen LogP contribution in [0.25, 0.3) is 0 Å². The predicted molar refractivity (Wildman–Crippen MR) is 86.5 cm³/mol. The molecule has 124 valence electrons. The Hall–Kier alpha value is -0.650. The molecule has 2 atom stereocenters. The highest BCUT2D eigenvalue weighted by Crippen LogP contribution is 2.14. The Kier molecular flexibility index (Phi) is 8.22. The molecule has 1 fully saturated rings. The minimum Gasteiger partial charge on any atom is -0.465 e. The third-order valence-corrected chi connectivity index (χ3v) is 4.05. The van der Waals surface area contributed by atoms with E-state index in [2.05, 4.69) is 43.1 Å². The van der Waals surface area contributed by atoms with Crippen molar-refractivity contribution in [2.75, 3.05) is 40.3 Å². The maximum absolute atomic E-state index is 12.0. The van der Waals surface area contributed by atoms with Crippen LogP contribution < -0.4 is 5.32 Å². The number of ether oxygens (including phenoxy) is 1. The van der Waals surface area contributed by atoms with Crippen LogP contribution in [-0.4, -0.2) is 74.2 Å². The van der Waals surface area contributed by atoms with Crippen molar-refractivity contribution in [1.82, 2.24) is 15.1 Å². The summed E-state index contributed by atoms with van der Waals surface area (Å²) >= 11 is 0. The molecule has 1 aliphatic heterocycles. The number of likely N-dealkylation sites (tertiary alicyclic amines) is 1. The summed E-state index contributed by atoms with van der Waals surface area (Å²) in [6, 6.07) is 0.734. The first-order valence-electron chi connectivity index (χ1n) is 8.25. The standard InChI is InChI=1S/C16H33N3O2/c1-6-21-16(20)15(17-13(2)3)9-11-19-10-7-8-14(12-19)18(4)5/h13-15,17H,6-12H2,1-5H3. The fourth-order valence-electron chi connectivity index (χ4n) is 2.88. The quantitative estimate of drug-likeness (QED) is 0.685. The highest BCUT2D eigenvalue weighted by atomic mass is 16.5. The van der Waals surface area contributed by atoms with Gasteiger partial charge in [0, 0.05) is 25.2 Å². The van der Waals surface area contributed by atoms with E-state index in [1.54, 1.807) is 0 Å². The number of carbonyl (C=O) groups is 1. The summed E-state index contributed by atoms with van der Waals surface area (Å²) in [6.45, 7) is 9.63. The lowest BCUT2D eigenvalue weighted by molar-refractivity contribution is -0.146. The molecule has 2 unspecified atom stereocenters. The minimum absolute atomic E-state index is 0.118. The summed E-state index contributed by atoms with van der Waals surface area (Å²) in [6.07, 6.45) is 3.33. The van der Waals surface area contributed by atoms with Crippen LogP contribution in [0.5, 0.6) is 0 Å². The summed E-state index contributed by atoms with van der Waals surface area (Å²) in [5.41, 5.74) is 0. The van der Waals surface area contributed by atoms with E-state index in [-0.39, 0.29) is 18.1 Å². The molecule has 0 radical (unpaired) electrons. The topological polar surface area (TPSA) is 44.8 Å². The van der Waals surface area contributed by atoms with Gasteiger partial charge in [-0.15, -0.1) is 0 Å². The smallest absolute Gasteiger partial charge is 0.323 e. The molecule has 0 amide bonds. The second-order valence-electron chi connectivity index (χ2n) is 6.47. The third kappa shape index (κ3) is 6.76. The van der Waals surface area contributed by atoms with Gasteiger partial charge in [0.1, 0.15) is 6.04 Å². The lowest BCUT2D eigenvalue weighted by Gasteiger charge is -2.36. The van der Waals surface area contributed by atoms with Crippen LogP contribution in [0.15, 0.2) is 0 Å². The van der Waals surface area contributed by atoms with Crippen LogP contribution in [0, 0.1) is 0 Å². The number of piperidine rings is 1. The molecular formula is C16H33N3O2. The SMILES string of the molecule is CCOC(=O)C(CCN1CCCC(N(C)C)C1)NC(C)C. The van der Waals surface area contributed by atoms with E-state index in [4.69, 9.17) is 4.74 Å². The Morgan fingerprint density at radius 1 is 1.43 bits per heavy atom. The molecular weight excluding hydrogens is 266 g/mol. The van der Waals surface area contributed by atoms with Gasteiger partial charge in [-0.25, -0.2) is 0 Å². The molecule has 1 saturated heterocycles. The molecule has 1 rings (SSSR count). The number of rotatable bonds is 8. The minimum atomic E-state index is -0.190. The average molecular weight is 299 g/mol. The number of carbonyl (C=O) groups excluding carboxylic acids is 1. The molecule has 0 aromatic carbocycles. The van der Waals surface area contributed by atoms with Crippen LogP contribution in [0.3, 0.4) is 0 Å². The van der Waals surface area contributed by atoms with Gasteiger partial charge in [-0.05, 0) is 46.8 Å². The van der Waals surface area contributed by atoms with E-state index >= 15 is 0 Å². The second kappa shape index (κ2) is 9.38. The van der Waals surface area contributed by atoms with Gasteiger partial charge < -0.3 is 19.9 Å². The van der Waals surface area contributed by atoms with Crippen molar-refractivity contribution >= 4 is 5.97 Å². The summed E-state index contributed by atoms with van der Waals surface area (Å²) < 4.78 is 5.18. The van der Waals surface area contributed by atoms with Crippen LogP contribution in [0.1, 0.15) is 40.0 Å². The predicted octanol–water partition coefficient (Wildman–Crippen LogP) is 1.33. The summed E-state index contributed by atoms with van der Waals surface area (Å²) in [5, 5.41) is 3.33. The number of nitrogens with one attached hydrogen (secondary N) is 1. The van der Waals surface area contributed by atoms with Gasteiger partial charge in [0.15, 0.2) is 0 Å². The van der Waals surface area contributed by atoms with E-state index in [9.17, 15) is 4.79 Å². The Labute approximate surface area is 130 Å². The Balaban J connectivity index is 2.45. The summed E-state index contributed by atoms with van der Waals surface area (Å²) in [4.78, 5) is 16.8. The molecule has 0 aromatic heterocycles. The summed E-state index contributed by atoms with van der Waals surface area (Å²) in [5.74, 6) is -0.118. The zero-order valence-corrected chi connectivity index (χ0v) is 14.4. The first kappa shape index (κ1) is 18.4. The fraction of sp³-hybridized carbons (Fsp3) is 0.938. The number of esters is 1. The third-order valence-electron chi connectivity index (χ3n) is 4.05. The Bertz CT molecular complexity index is 308. The van der Waals surface area contributed by atoms with E-state index < -0.39 is 0 Å². The van der Waals surface area contributed by atoms with E-state index in [0.29, 0.717) is 12.6 Å². The zero-order valence-electron chi connectivity index (χ0n) is 14.4. The molecule has 0 spiro atoms. The van der Waals surface area contributed by atoms with Gasteiger partial charge in [-0.1, -0.05) is 13.8 Å². The zero-order chi connectivity index (χ0) is 15.8. The molecule has 5 nitrogen and oxygen atoms in total. The van der Waals surface area contributed by atoms with Crippen LogP contribution >= 0.6 is 0 Å². The van der Waals surface area contributed by atoms with Crippen molar-refractivity contribution < 1.29 is 9.53 Å². The van der Waals surface area contributed by atoms with Crippen molar-refractivity contribution in [1.29, 1.82) is 0 Å². The highest BCUT2D eigenvalue weighted by Gasteiger charge is 2.25. The molecule has 0 saturated carbocycles. The van der Waals surface area contributed by atoms with Crippen LogP contribution in [0.2, 0.25) is 0 Å². The molecule has 0 bridgehead atoms. The van der Waals surface area contributed by atoms with Crippen molar-refractivity contribution in [3.8, 4) is 0 Å². The number of hydrogen-bond acceptors (Lipinski definition) is 5. The van der Waals surface area contributed by atoms with Gasteiger partial charge in [0.25, 0.3) is 0 Å². The normalized spacial score (nSPS) is 21.8. The summed E-state index contributed by atoms with van der Waals surface area (Å²) in [7, 11) is 4.30. The van der Waals surface area contributed by atoms with Gasteiger partial charge in [0.05, 0.1) is 6.61 Å². The van der Waals surface area contributed by atoms with Crippen molar-refractivity contribution in [2.24, 2.45) is 0 Å². The van der Waals surface area contributed by atoms with E-state index in [1.807, 2.05) is 6.92 Å². The van der Waals surface area contributed by atoms with E-state index in [1.165, 1.54) is 12.8 Å². The maximum atomic E-state index is 12.0. The highest BCUT2D eigenvalue weighted by molar-refractivity contribution is 5.75. The Morgan fingerprint density at radius 3 is 2.71 bits per heavy atom. The number of hydrogen-bond donors (Lipinski definition) is 1. The molecule has 1 aliphatic rings. The fourth-order valence-corrected chi connectivity index (χ4v) is 2.88. The number of likely N-dealkylation sites (N-methyl/N-ethyl adjacent to an activating group) is 1. The van der Waals surface area contributed by atoms with Crippen LogP contribution in [0.4, 0.5) is 0 Å². The monoisotopic (exact) mass is 299 g/mol. The van der Waals surface area contributed by atoms with Gasteiger partial charge in [-0.2, -0.15) is 0 Å². The molecule has 0 aromatic rings. The average Bonchev–Trinajstić information content (AvgIpc) is 2.43. The van der Waals surface area contributed by atoms with Gasteiger partial charge >= 0.3 is 5.97 Å². The molecule has 1 N–H and O–H groups in total. The van der Waals surface area contributed by atoms with Gasteiger partial charge in [0.2, 0.25) is 0 Å². The molecule has 0 aliphatic carbocycles. The lowest BCUT2D eigenvalue weighted by atomic mass is 10.0. The van der Waals surface area contributed by atoms with Crippen LogP contribution in [-0.2, 0) is 9.53 Å². The first-order valence-corrected chi connectivity index (χ1v) is 8.25. The van der Waals surface area contributed by atoms with Crippen molar-refractivity contribution in [3.63, 3.8) is 0 Å². The first-order chi connectivity index (χ1) is 9.93. The van der Waals surface area contributed by atoms with Gasteiger partial charge in [-0.3, -0.25) is 4.79 Å². The Morgan fingerprint density at radius 2 is 2.14 bits per heavy atom. The molecule has 1 heterocycles.